The van der Waals surface area contributed by atoms with Gasteiger partial charge in [-0.3, -0.25) is 0 Å². The number of rotatable bonds is 7. The Balaban J connectivity index is 2.99. The number of aliphatic hydroxyl groups is 1. The van der Waals surface area contributed by atoms with Gasteiger partial charge in [-0.25, -0.2) is 0 Å². The van der Waals surface area contributed by atoms with E-state index in [9.17, 15) is 5.11 Å². The number of anilines is 1. The fraction of sp³-hybridized carbons (Fsp3) is 0.571. The van der Waals surface area contributed by atoms with E-state index in [0.29, 0.717) is 23.8 Å². The molecule has 0 radical (unpaired) electrons. The van der Waals surface area contributed by atoms with E-state index in [4.69, 9.17) is 14.2 Å². The summed E-state index contributed by atoms with van der Waals surface area (Å²) in [5.41, 5.74) is 0.597. The molecule has 0 aliphatic heterocycles. The number of ether oxygens (including phenoxy) is 3. The van der Waals surface area contributed by atoms with Crippen molar-refractivity contribution in [2.75, 3.05) is 39.8 Å². The topological polar surface area (TPSA) is 60.0 Å². The highest BCUT2D eigenvalue weighted by atomic mass is 16.5. The number of methoxy groups -OCH3 is 3. The predicted octanol–water partition coefficient (Wildman–Crippen LogP) is 2.14. The van der Waals surface area contributed by atoms with E-state index in [1.54, 1.807) is 27.4 Å². The van der Waals surface area contributed by atoms with Crippen LogP contribution >= 0.6 is 0 Å². The summed E-state index contributed by atoms with van der Waals surface area (Å²) in [5.74, 6) is 1.92. The van der Waals surface area contributed by atoms with E-state index in [2.05, 4.69) is 5.32 Å². The molecule has 0 aromatic heterocycles. The summed E-state index contributed by atoms with van der Waals surface area (Å²) in [6, 6.07) is 3.60. The van der Waals surface area contributed by atoms with Crippen LogP contribution in [0.15, 0.2) is 12.1 Å². The van der Waals surface area contributed by atoms with Crippen LogP contribution in [0.3, 0.4) is 0 Å². The summed E-state index contributed by atoms with van der Waals surface area (Å²) >= 11 is 0. The van der Waals surface area contributed by atoms with Crippen LogP contribution in [0.25, 0.3) is 0 Å². The third-order valence-corrected chi connectivity index (χ3v) is 2.89. The molecule has 1 aromatic rings. The first kappa shape index (κ1) is 15.4. The lowest BCUT2D eigenvalue weighted by molar-refractivity contribution is 0.170. The zero-order valence-corrected chi connectivity index (χ0v) is 12.2. The summed E-state index contributed by atoms with van der Waals surface area (Å²) in [7, 11) is 4.77. The highest BCUT2D eigenvalue weighted by molar-refractivity contribution is 5.64. The Morgan fingerprint density at radius 1 is 1.00 bits per heavy atom. The van der Waals surface area contributed by atoms with Crippen LogP contribution in [0.4, 0.5) is 5.69 Å². The largest absolute Gasteiger partial charge is 0.494 e. The van der Waals surface area contributed by atoms with Gasteiger partial charge >= 0.3 is 0 Å². The molecule has 0 spiro atoms. The molecule has 0 unspecified atom stereocenters. The van der Waals surface area contributed by atoms with E-state index in [0.717, 1.165) is 5.69 Å². The Morgan fingerprint density at radius 2 is 1.53 bits per heavy atom. The number of benzene rings is 1. The first-order valence-corrected chi connectivity index (χ1v) is 6.12. The second-order valence-electron chi connectivity index (χ2n) is 5.08. The minimum atomic E-state index is -0.210. The zero-order chi connectivity index (χ0) is 14.5. The van der Waals surface area contributed by atoms with Gasteiger partial charge in [-0.1, -0.05) is 13.8 Å². The van der Waals surface area contributed by atoms with Gasteiger partial charge in [0.25, 0.3) is 0 Å². The lowest BCUT2D eigenvalue weighted by atomic mass is 9.95. The minimum absolute atomic E-state index is 0.107. The van der Waals surface area contributed by atoms with Crippen LogP contribution in [0, 0.1) is 5.41 Å². The smallest absolute Gasteiger partial charge is 0.164 e. The van der Waals surface area contributed by atoms with Gasteiger partial charge in [0.1, 0.15) is 5.75 Å². The third-order valence-electron chi connectivity index (χ3n) is 2.89. The zero-order valence-electron chi connectivity index (χ0n) is 12.2. The average Bonchev–Trinajstić information content (AvgIpc) is 2.44. The van der Waals surface area contributed by atoms with Crippen LogP contribution in [0.5, 0.6) is 17.2 Å². The molecule has 5 nitrogen and oxygen atoms in total. The maximum atomic E-state index is 9.27. The SMILES string of the molecule is COc1cc(OC)c(OC)cc1NCC(C)(C)CO. The number of nitrogens with one attached hydrogen (secondary N) is 1. The Hall–Kier alpha value is -1.62. The van der Waals surface area contributed by atoms with E-state index in [1.807, 2.05) is 19.9 Å². The first-order valence-electron chi connectivity index (χ1n) is 6.12. The molecule has 2 N–H and O–H groups in total. The maximum absolute atomic E-state index is 9.27. The van der Waals surface area contributed by atoms with E-state index >= 15 is 0 Å². The molecular weight excluding hydrogens is 246 g/mol. The highest BCUT2D eigenvalue weighted by Crippen LogP contribution is 2.38. The molecule has 0 saturated carbocycles. The fourth-order valence-electron chi connectivity index (χ4n) is 1.56. The van der Waals surface area contributed by atoms with Gasteiger partial charge in [0.05, 0.1) is 27.0 Å². The molecule has 5 heteroatoms. The Labute approximate surface area is 114 Å². The van der Waals surface area contributed by atoms with Crippen LogP contribution in [0.2, 0.25) is 0 Å². The molecule has 108 valence electrons. The van der Waals surface area contributed by atoms with Gasteiger partial charge in [0.15, 0.2) is 11.5 Å². The number of aliphatic hydroxyl groups excluding tert-OH is 1. The quantitative estimate of drug-likeness (QED) is 0.794. The molecule has 0 amide bonds. The highest BCUT2D eigenvalue weighted by Gasteiger charge is 2.18. The van der Waals surface area contributed by atoms with Crippen LogP contribution < -0.4 is 19.5 Å². The van der Waals surface area contributed by atoms with E-state index < -0.39 is 0 Å². The average molecular weight is 269 g/mol. The third kappa shape index (κ3) is 3.92. The molecule has 0 atom stereocenters. The van der Waals surface area contributed by atoms with Crippen molar-refractivity contribution in [1.29, 1.82) is 0 Å². The maximum Gasteiger partial charge on any atom is 0.164 e. The number of hydrogen-bond acceptors (Lipinski definition) is 5. The van der Waals surface area contributed by atoms with Gasteiger partial charge in [0, 0.05) is 30.7 Å². The molecule has 0 saturated heterocycles. The first-order chi connectivity index (χ1) is 8.97. The van der Waals surface area contributed by atoms with Gasteiger partial charge < -0.3 is 24.6 Å². The van der Waals surface area contributed by atoms with Crippen molar-refractivity contribution in [2.45, 2.75) is 13.8 Å². The summed E-state index contributed by atoms with van der Waals surface area (Å²) in [6.07, 6.45) is 0. The van der Waals surface area contributed by atoms with Crippen molar-refractivity contribution in [3.05, 3.63) is 12.1 Å². The van der Waals surface area contributed by atoms with Gasteiger partial charge in [-0.05, 0) is 0 Å². The lowest BCUT2D eigenvalue weighted by Gasteiger charge is -2.24. The van der Waals surface area contributed by atoms with Crippen LogP contribution in [-0.4, -0.2) is 39.6 Å². The standard InChI is InChI=1S/C14H23NO4/c1-14(2,9-16)8-15-10-6-12(18-4)13(19-5)7-11(10)17-3/h6-7,15-16H,8-9H2,1-5H3. The second-order valence-corrected chi connectivity index (χ2v) is 5.08. The van der Waals surface area contributed by atoms with E-state index in [1.165, 1.54) is 0 Å². The molecule has 1 rings (SSSR count). The second kappa shape index (κ2) is 6.52. The fourth-order valence-corrected chi connectivity index (χ4v) is 1.56. The summed E-state index contributed by atoms with van der Waals surface area (Å²) in [4.78, 5) is 0. The molecule has 1 aromatic carbocycles. The Kier molecular flexibility index (Phi) is 5.30. The van der Waals surface area contributed by atoms with Gasteiger partial charge in [0.2, 0.25) is 0 Å². The Bertz CT molecular complexity index is 418. The van der Waals surface area contributed by atoms with Crippen molar-refractivity contribution >= 4 is 5.69 Å². The van der Waals surface area contributed by atoms with Crippen molar-refractivity contribution in [2.24, 2.45) is 5.41 Å². The van der Waals surface area contributed by atoms with Crippen molar-refractivity contribution in [3.63, 3.8) is 0 Å². The molecule has 0 fully saturated rings. The molecule has 0 aliphatic rings. The van der Waals surface area contributed by atoms with Crippen LogP contribution in [-0.2, 0) is 0 Å². The molecule has 0 heterocycles. The summed E-state index contributed by atoms with van der Waals surface area (Å²) < 4.78 is 15.8. The molecular formula is C14H23NO4. The molecule has 0 bridgehead atoms. The summed E-state index contributed by atoms with van der Waals surface area (Å²) in [6.45, 7) is 4.69. The predicted molar refractivity (Wildman–Crippen MR) is 75.5 cm³/mol. The normalized spacial score (nSPS) is 11.1. The van der Waals surface area contributed by atoms with Crippen molar-refractivity contribution in [3.8, 4) is 17.2 Å². The lowest BCUT2D eigenvalue weighted by Crippen LogP contribution is -2.26. The van der Waals surface area contributed by atoms with Crippen molar-refractivity contribution in [1.82, 2.24) is 0 Å². The van der Waals surface area contributed by atoms with Crippen LogP contribution in [0.1, 0.15) is 13.8 Å². The van der Waals surface area contributed by atoms with E-state index in [-0.39, 0.29) is 12.0 Å². The van der Waals surface area contributed by atoms with Crippen molar-refractivity contribution < 1.29 is 19.3 Å². The number of hydrogen-bond donors (Lipinski definition) is 2. The molecule has 19 heavy (non-hydrogen) atoms. The summed E-state index contributed by atoms with van der Waals surface area (Å²) in [5, 5.41) is 12.5. The van der Waals surface area contributed by atoms with Gasteiger partial charge in [-0.15, -0.1) is 0 Å². The molecule has 0 aliphatic carbocycles. The monoisotopic (exact) mass is 269 g/mol. The minimum Gasteiger partial charge on any atom is -0.494 e. The van der Waals surface area contributed by atoms with Gasteiger partial charge in [-0.2, -0.15) is 0 Å². The Morgan fingerprint density at radius 3 is 2.00 bits per heavy atom.